The number of carbonyl (C=O) groups excluding carboxylic acids is 1. The summed E-state index contributed by atoms with van der Waals surface area (Å²) in [6.45, 7) is 12.0. The van der Waals surface area contributed by atoms with Crippen LogP contribution in [0.3, 0.4) is 0 Å². The molecule has 3 rings (SSSR count). The fourth-order valence-corrected chi connectivity index (χ4v) is 4.48. The molecule has 0 aromatic carbocycles. The lowest BCUT2D eigenvalue weighted by atomic mass is 9.90. The zero-order chi connectivity index (χ0) is 17.9. The summed E-state index contributed by atoms with van der Waals surface area (Å²) in [5, 5.41) is 0. The quantitative estimate of drug-likeness (QED) is 0.701. The first kappa shape index (κ1) is 18.9. The molecule has 0 N–H and O–H groups in total. The van der Waals surface area contributed by atoms with Gasteiger partial charge in [0.15, 0.2) is 0 Å². The molecule has 0 unspecified atom stereocenters. The number of piperidine rings is 1. The maximum absolute atomic E-state index is 12.3. The third-order valence-corrected chi connectivity index (χ3v) is 5.82. The molecule has 6 nitrogen and oxygen atoms in total. The van der Waals surface area contributed by atoms with E-state index >= 15 is 0 Å². The van der Waals surface area contributed by atoms with Gasteiger partial charge in [0.1, 0.15) is 5.60 Å². The zero-order valence-electron chi connectivity index (χ0n) is 16.2. The van der Waals surface area contributed by atoms with Crippen LogP contribution < -0.4 is 0 Å². The highest BCUT2D eigenvalue weighted by Gasteiger charge is 2.47. The molecule has 0 aromatic rings. The minimum Gasteiger partial charge on any atom is -0.441 e. The minimum atomic E-state index is -0.239. The minimum absolute atomic E-state index is 0.107. The second-order valence-corrected chi connectivity index (χ2v) is 8.54. The Labute approximate surface area is 152 Å². The average molecular weight is 354 g/mol. The molecule has 144 valence electrons. The van der Waals surface area contributed by atoms with Crippen LogP contribution in [0.2, 0.25) is 0 Å². The smallest absolute Gasteiger partial charge is 0.410 e. The number of nitrogens with zero attached hydrogens (tertiary/aromatic N) is 3. The van der Waals surface area contributed by atoms with Gasteiger partial charge in [0.05, 0.1) is 13.2 Å². The zero-order valence-corrected chi connectivity index (χ0v) is 16.2. The Morgan fingerprint density at radius 2 is 2.08 bits per heavy atom. The molecule has 0 bridgehead atoms. The van der Waals surface area contributed by atoms with Gasteiger partial charge in [-0.3, -0.25) is 4.90 Å². The summed E-state index contributed by atoms with van der Waals surface area (Å²) in [5.74, 6) is 0.681. The van der Waals surface area contributed by atoms with Crippen LogP contribution in [-0.4, -0.2) is 92.0 Å². The second-order valence-electron chi connectivity index (χ2n) is 8.54. The van der Waals surface area contributed by atoms with E-state index in [1.165, 1.54) is 0 Å². The third kappa shape index (κ3) is 4.86. The number of likely N-dealkylation sites (tertiary alicyclic amines) is 1. The molecule has 3 heterocycles. The summed E-state index contributed by atoms with van der Waals surface area (Å²) in [6.07, 6.45) is 3.96. The van der Waals surface area contributed by atoms with E-state index in [9.17, 15) is 4.79 Å². The fourth-order valence-electron chi connectivity index (χ4n) is 4.48. The molecule has 1 spiro atoms. The van der Waals surface area contributed by atoms with Crippen LogP contribution in [0, 0.1) is 5.92 Å². The van der Waals surface area contributed by atoms with Crippen LogP contribution >= 0.6 is 0 Å². The lowest BCUT2D eigenvalue weighted by Crippen LogP contribution is -2.50. The van der Waals surface area contributed by atoms with Gasteiger partial charge in [-0.15, -0.1) is 0 Å². The van der Waals surface area contributed by atoms with Crippen LogP contribution in [-0.2, 0) is 9.47 Å². The standard InChI is InChI=1S/C19H35N3O3/c1-16(2)13-20(3)8-4-9-22-15-19(25-18(22)23)6-10-21(11-7-19)17-5-12-24-14-17/h16-17H,4-15H2,1-3H3/t17-/m1/s1. The number of hydrogen-bond acceptors (Lipinski definition) is 5. The van der Waals surface area contributed by atoms with Crippen LogP contribution in [0.4, 0.5) is 4.79 Å². The average Bonchev–Trinajstić information content (AvgIpc) is 3.17. The van der Waals surface area contributed by atoms with Crippen molar-refractivity contribution in [2.24, 2.45) is 5.92 Å². The van der Waals surface area contributed by atoms with E-state index in [0.717, 1.165) is 78.2 Å². The van der Waals surface area contributed by atoms with Crippen molar-refractivity contribution in [1.29, 1.82) is 0 Å². The van der Waals surface area contributed by atoms with E-state index in [4.69, 9.17) is 9.47 Å². The Balaban J connectivity index is 1.41. The Morgan fingerprint density at radius 3 is 2.72 bits per heavy atom. The Morgan fingerprint density at radius 1 is 1.32 bits per heavy atom. The van der Waals surface area contributed by atoms with Gasteiger partial charge in [0, 0.05) is 51.7 Å². The number of carbonyl (C=O) groups is 1. The highest BCUT2D eigenvalue weighted by Crippen LogP contribution is 2.34. The molecule has 6 heteroatoms. The maximum Gasteiger partial charge on any atom is 0.410 e. The van der Waals surface area contributed by atoms with Gasteiger partial charge in [0.25, 0.3) is 0 Å². The molecule has 3 aliphatic heterocycles. The van der Waals surface area contributed by atoms with Gasteiger partial charge in [-0.2, -0.15) is 0 Å². The van der Waals surface area contributed by atoms with E-state index in [0.29, 0.717) is 12.0 Å². The van der Waals surface area contributed by atoms with E-state index in [2.05, 4.69) is 30.7 Å². The van der Waals surface area contributed by atoms with Crippen molar-refractivity contribution in [3.05, 3.63) is 0 Å². The van der Waals surface area contributed by atoms with Gasteiger partial charge in [-0.25, -0.2) is 4.79 Å². The second kappa shape index (κ2) is 8.23. The molecule has 0 aliphatic carbocycles. The van der Waals surface area contributed by atoms with Gasteiger partial charge >= 0.3 is 6.09 Å². The summed E-state index contributed by atoms with van der Waals surface area (Å²) >= 11 is 0. The highest BCUT2D eigenvalue weighted by molar-refractivity contribution is 5.70. The van der Waals surface area contributed by atoms with Gasteiger partial charge < -0.3 is 19.3 Å². The van der Waals surface area contributed by atoms with Gasteiger partial charge in [-0.1, -0.05) is 13.8 Å². The summed E-state index contributed by atoms with van der Waals surface area (Å²) in [4.78, 5) is 19.1. The van der Waals surface area contributed by atoms with Crippen molar-refractivity contribution >= 4 is 6.09 Å². The van der Waals surface area contributed by atoms with E-state index in [-0.39, 0.29) is 11.7 Å². The molecule has 0 saturated carbocycles. The number of hydrogen-bond donors (Lipinski definition) is 0. The molecule has 1 atom stereocenters. The van der Waals surface area contributed by atoms with Crippen molar-refractivity contribution in [2.75, 3.05) is 59.5 Å². The molecule has 3 aliphatic rings. The van der Waals surface area contributed by atoms with Crippen LogP contribution in [0.1, 0.15) is 39.5 Å². The summed E-state index contributed by atoms with van der Waals surface area (Å²) in [6, 6.07) is 0.571. The predicted octanol–water partition coefficient (Wildman–Crippen LogP) is 2.04. The first-order valence-corrected chi connectivity index (χ1v) is 9.96. The first-order valence-electron chi connectivity index (χ1n) is 9.96. The van der Waals surface area contributed by atoms with Crippen LogP contribution in [0.25, 0.3) is 0 Å². The van der Waals surface area contributed by atoms with Crippen molar-refractivity contribution in [1.82, 2.24) is 14.7 Å². The SMILES string of the molecule is CC(C)CN(C)CCCN1CC2(CCN([C@@H]3CCOC3)CC2)OC1=O. The van der Waals surface area contributed by atoms with Crippen molar-refractivity contribution in [3.63, 3.8) is 0 Å². The van der Waals surface area contributed by atoms with Crippen molar-refractivity contribution in [3.8, 4) is 0 Å². The molecular weight excluding hydrogens is 318 g/mol. The van der Waals surface area contributed by atoms with Crippen LogP contribution in [0.5, 0.6) is 0 Å². The number of amides is 1. The van der Waals surface area contributed by atoms with E-state index in [1.54, 1.807) is 0 Å². The summed E-state index contributed by atoms with van der Waals surface area (Å²) in [7, 11) is 2.16. The molecule has 0 aromatic heterocycles. The van der Waals surface area contributed by atoms with Crippen molar-refractivity contribution < 1.29 is 14.3 Å². The topological polar surface area (TPSA) is 45.2 Å². The summed E-state index contributed by atoms with van der Waals surface area (Å²) < 4.78 is 11.4. The lowest BCUT2D eigenvalue weighted by Gasteiger charge is -2.39. The molecular formula is C19H35N3O3. The van der Waals surface area contributed by atoms with Crippen LogP contribution in [0.15, 0.2) is 0 Å². The van der Waals surface area contributed by atoms with Crippen molar-refractivity contribution in [2.45, 2.75) is 51.2 Å². The normalized spacial score (nSPS) is 27.0. The molecule has 3 saturated heterocycles. The monoisotopic (exact) mass is 353 g/mol. The van der Waals surface area contributed by atoms with E-state index in [1.807, 2.05) is 4.90 Å². The lowest BCUT2D eigenvalue weighted by molar-refractivity contribution is -0.0111. The Bertz CT molecular complexity index is 443. The van der Waals surface area contributed by atoms with Gasteiger partial charge in [-0.05, 0) is 32.4 Å². The molecule has 1 amide bonds. The number of rotatable bonds is 7. The molecule has 25 heavy (non-hydrogen) atoms. The largest absolute Gasteiger partial charge is 0.441 e. The summed E-state index contributed by atoms with van der Waals surface area (Å²) in [5.41, 5.74) is -0.239. The van der Waals surface area contributed by atoms with E-state index < -0.39 is 0 Å². The predicted molar refractivity (Wildman–Crippen MR) is 97.8 cm³/mol. The van der Waals surface area contributed by atoms with Gasteiger partial charge in [0.2, 0.25) is 0 Å². The first-order chi connectivity index (χ1) is 12.0. The Hall–Kier alpha value is -0.850. The Kier molecular flexibility index (Phi) is 6.23. The number of ether oxygens (including phenoxy) is 2. The maximum atomic E-state index is 12.3. The highest BCUT2D eigenvalue weighted by atomic mass is 16.6. The molecule has 0 radical (unpaired) electrons. The third-order valence-electron chi connectivity index (χ3n) is 5.82. The molecule has 3 fully saturated rings. The fraction of sp³-hybridized carbons (Fsp3) is 0.947.